The number of nitrogens with one attached hydrogen (secondary N) is 1. The smallest absolute Gasteiger partial charge is 0.270 e. The monoisotopic (exact) mass is 360 g/mol. The molecule has 0 heterocycles. The van der Waals surface area contributed by atoms with E-state index in [4.69, 9.17) is 0 Å². The molecule has 1 unspecified atom stereocenters. The SMILES string of the molecule is CCCCCCCCCC(C)NC(=O)/C=C(/C)c1cccc([N+](=O)[O-])c1. The van der Waals surface area contributed by atoms with Crippen LogP contribution >= 0.6 is 0 Å². The minimum absolute atomic E-state index is 0.0305. The average molecular weight is 360 g/mol. The van der Waals surface area contributed by atoms with Crippen LogP contribution in [0.25, 0.3) is 5.57 Å². The lowest BCUT2D eigenvalue weighted by atomic mass is 10.0. The van der Waals surface area contributed by atoms with Crippen LogP contribution in [0.3, 0.4) is 0 Å². The van der Waals surface area contributed by atoms with Gasteiger partial charge < -0.3 is 5.32 Å². The summed E-state index contributed by atoms with van der Waals surface area (Å²) in [6.07, 6.45) is 11.3. The molecule has 0 aromatic heterocycles. The van der Waals surface area contributed by atoms with Crippen LogP contribution in [-0.2, 0) is 4.79 Å². The molecule has 0 radical (unpaired) electrons. The van der Waals surface area contributed by atoms with E-state index in [2.05, 4.69) is 12.2 Å². The number of carbonyl (C=O) groups is 1. The maximum Gasteiger partial charge on any atom is 0.270 e. The van der Waals surface area contributed by atoms with E-state index in [0.717, 1.165) is 12.8 Å². The summed E-state index contributed by atoms with van der Waals surface area (Å²) in [5.74, 6) is -0.149. The summed E-state index contributed by atoms with van der Waals surface area (Å²) in [6, 6.07) is 6.47. The Kier molecular flexibility index (Phi) is 10.3. The van der Waals surface area contributed by atoms with Crippen LogP contribution in [0.15, 0.2) is 30.3 Å². The second kappa shape index (κ2) is 12.2. The van der Waals surface area contributed by atoms with Gasteiger partial charge in [0.1, 0.15) is 0 Å². The molecule has 26 heavy (non-hydrogen) atoms. The third-order valence-corrected chi connectivity index (χ3v) is 4.49. The second-order valence-electron chi connectivity index (χ2n) is 6.95. The maximum atomic E-state index is 12.1. The summed E-state index contributed by atoms with van der Waals surface area (Å²) in [5, 5.41) is 13.8. The van der Waals surface area contributed by atoms with Gasteiger partial charge in [-0.1, -0.05) is 64.0 Å². The summed E-state index contributed by atoms with van der Waals surface area (Å²) in [5.41, 5.74) is 1.44. The highest BCUT2D eigenvalue weighted by atomic mass is 16.6. The van der Waals surface area contributed by atoms with Crippen molar-refractivity contribution in [2.24, 2.45) is 0 Å². The largest absolute Gasteiger partial charge is 0.350 e. The molecule has 5 nitrogen and oxygen atoms in total. The van der Waals surface area contributed by atoms with E-state index in [1.807, 2.05) is 6.92 Å². The zero-order chi connectivity index (χ0) is 19.4. The summed E-state index contributed by atoms with van der Waals surface area (Å²) in [7, 11) is 0. The number of amides is 1. The number of hydrogen-bond donors (Lipinski definition) is 1. The molecular formula is C21H32N2O3. The van der Waals surface area contributed by atoms with Crippen molar-refractivity contribution in [2.45, 2.75) is 78.2 Å². The van der Waals surface area contributed by atoms with Gasteiger partial charge in [-0.05, 0) is 31.4 Å². The zero-order valence-electron chi connectivity index (χ0n) is 16.3. The van der Waals surface area contributed by atoms with Gasteiger partial charge in [0, 0.05) is 24.3 Å². The molecule has 0 saturated heterocycles. The fraction of sp³-hybridized carbons (Fsp3) is 0.571. The van der Waals surface area contributed by atoms with Gasteiger partial charge in [0.15, 0.2) is 0 Å². The first-order chi connectivity index (χ1) is 12.4. The van der Waals surface area contributed by atoms with E-state index >= 15 is 0 Å². The molecule has 0 fully saturated rings. The van der Waals surface area contributed by atoms with Crippen molar-refractivity contribution in [1.29, 1.82) is 0 Å². The summed E-state index contributed by atoms with van der Waals surface area (Å²) in [4.78, 5) is 22.6. The fourth-order valence-corrected chi connectivity index (χ4v) is 2.91. The molecule has 0 spiro atoms. The number of hydrogen-bond acceptors (Lipinski definition) is 3. The summed E-state index contributed by atoms with van der Waals surface area (Å²) in [6.45, 7) is 6.03. The van der Waals surface area contributed by atoms with Crippen molar-refractivity contribution in [3.8, 4) is 0 Å². The standard InChI is InChI=1S/C21H32N2O3/c1-4-5-6-7-8-9-10-12-18(3)22-21(24)15-17(2)19-13-11-14-20(16-19)23(25)26/h11,13-16,18H,4-10,12H2,1-3H3,(H,22,24)/b17-15-. The minimum atomic E-state index is -0.429. The number of carbonyl (C=O) groups excluding carboxylic acids is 1. The number of unbranched alkanes of at least 4 members (excludes halogenated alkanes) is 6. The Balaban J connectivity index is 2.38. The Morgan fingerprint density at radius 1 is 1.19 bits per heavy atom. The van der Waals surface area contributed by atoms with Gasteiger partial charge in [0.2, 0.25) is 5.91 Å². The van der Waals surface area contributed by atoms with Crippen molar-refractivity contribution < 1.29 is 9.72 Å². The van der Waals surface area contributed by atoms with Crippen LogP contribution in [0.5, 0.6) is 0 Å². The Morgan fingerprint density at radius 3 is 2.50 bits per heavy atom. The number of nitrogens with zero attached hydrogens (tertiary/aromatic N) is 1. The number of non-ortho nitro benzene ring substituents is 1. The van der Waals surface area contributed by atoms with Gasteiger partial charge in [-0.25, -0.2) is 0 Å². The maximum absolute atomic E-state index is 12.1. The van der Waals surface area contributed by atoms with Crippen LogP contribution in [0, 0.1) is 10.1 Å². The predicted molar refractivity (Wildman–Crippen MR) is 107 cm³/mol. The Bertz CT molecular complexity index is 611. The molecule has 0 bridgehead atoms. The van der Waals surface area contributed by atoms with Gasteiger partial charge in [-0.2, -0.15) is 0 Å². The average Bonchev–Trinajstić information content (AvgIpc) is 2.60. The van der Waals surface area contributed by atoms with E-state index in [1.165, 1.54) is 56.7 Å². The quantitative estimate of drug-likeness (QED) is 0.227. The van der Waals surface area contributed by atoms with Crippen molar-refractivity contribution in [1.82, 2.24) is 5.32 Å². The highest BCUT2D eigenvalue weighted by Gasteiger charge is 2.09. The molecular weight excluding hydrogens is 328 g/mol. The van der Waals surface area contributed by atoms with Crippen molar-refractivity contribution in [2.75, 3.05) is 0 Å². The van der Waals surface area contributed by atoms with Crippen LogP contribution < -0.4 is 5.32 Å². The fourth-order valence-electron chi connectivity index (χ4n) is 2.91. The first-order valence-electron chi connectivity index (χ1n) is 9.67. The topological polar surface area (TPSA) is 72.2 Å². The van der Waals surface area contributed by atoms with E-state index in [-0.39, 0.29) is 17.6 Å². The lowest BCUT2D eigenvalue weighted by Gasteiger charge is -2.13. The third kappa shape index (κ3) is 8.79. The van der Waals surface area contributed by atoms with Gasteiger partial charge >= 0.3 is 0 Å². The lowest BCUT2D eigenvalue weighted by molar-refractivity contribution is -0.384. The summed E-state index contributed by atoms with van der Waals surface area (Å²) >= 11 is 0. The van der Waals surface area contributed by atoms with Crippen LogP contribution in [0.4, 0.5) is 5.69 Å². The van der Waals surface area contributed by atoms with E-state index in [9.17, 15) is 14.9 Å². The van der Waals surface area contributed by atoms with Crippen LogP contribution in [0.1, 0.15) is 77.7 Å². The van der Waals surface area contributed by atoms with E-state index in [0.29, 0.717) is 11.1 Å². The molecule has 1 aromatic carbocycles. The summed E-state index contributed by atoms with van der Waals surface area (Å²) < 4.78 is 0. The zero-order valence-corrected chi connectivity index (χ0v) is 16.3. The number of nitro benzene ring substituents is 1. The van der Waals surface area contributed by atoms with E-state index < -0.39 is 4.92 Å². The van der Waals surface area contributed by atoms with E-state index in [1.54, 1.807) is 19.1 Å². The first-order valence-corrected chi connectivity index (χ1v) is 9.67. The molecule has 1 rings (SSSR count). The number of allylic oxidation sites excluding steroid dienone is 1. The first kappa shape index (κ1) is 21.9. The van der Waals surface area contributed by atoms with Crippen molar-refractivity contribution >= 4 is 17.2 Å². The molecule has 0 saturated carbocycles. The number of nitro groups is 1. The molecule has 1 aromatic rings. The molecule has 144 valence electrons. The Labute approximate surface area is 157 Å². The third-order valence-electron chi connectivity index (χ3n) is 4.49. The van der Waals surface area contributed by atoms with Gasteiger partial charge in [0.25, 0.3) is 5.69 Å². The molecule has 0 aliphatic rings. The molecule has 0 aliphatic heterocycles. The van der Waals surface area contributed by atoms with Crippen molar-refractivity contribution in [3.63, 3.8) is 0 Å². The molecule has 1 atom stereocenters. The minimum Gasteiger partial charge on any atom is -0.350 e. The lowest BCUT2D eigenvalue weighted by Crippen LogP contribution is -2.31. The molecule has 1 amide bonds. The van der Waals surface area contributed by atoms with Gasteiger partial charge in [-0.3, -0.25) is 14.9 Å². The molecule has 5 heteroatoms. The Hall–Kier alpha value is -2.17. The molecule has 1 N–H and O–H groups in total. The van der Waals surface area contributed by atoms with Gasteiger partial charge in [-0.15, -0.1) is 0 Å². The predicted octanol–water partition coefficient (Wildman–Crippen LogP) is 5.64. The highest BCUT2D eigenvalue weighted by Crippen LogP contribution is 2.19. The number of rotatable bonds is 12. The second-order valence-corrected chi connectivity index (χ2v) is 6.95. The van der Waals surface area contributed by atoms with Crippen molar-refractivity contribution in [3.05, 3.63) is 46.0 Å². The number of benzene rings is 1. The Morgan fingerprint density at radius 2 is 1.85 bits per heavy atom. The van der Waals surface area contributed by atoms with Crippen LogP contribution in [-0.4, -0.2) is 16.9 Å². The molecule has 0 aliphatic carbocycles. The van der Waals surface area contributed by atoms with Gasteiger partial charge in [0.05, 0.1) is 4.92 Å². The normalized spacial score (nSPS) is 12.7. The highest BCUT2D eigenvalue weighted by molar-refractivity contribution is 5.95. The van der Waals surface area contributed by atoms with Crippen LogP contribution in [0.2, 0.25) is 0 Å².